The maximum atomic E-state index is 12.8. The number of aromatic nitrogens is 1. The molecule has 0 aromatic carbocycles. The number of nitrogens with zero attached hydrogens (tertiary/aromatic N) is 2. The van der Waals surface area contributed by atoms with Crippen molar-refractivity contribution in [3.8, 4) is 0 Å². The molecule has 4 nitrogen and oxygen atoms in total. The molecule has 2 fully saturated rings. The molecule has 3 rings (SSSR count). The summed E-state index contributed by atoms with van der Waals surface area (Å²) in [7, 11) is 0. The van der Waals surface area contributed by atoms with Gasteiger partial charge in [-0.05, 0) is 60.6 Å². The Kier molecular flexibility index (Phi) is 4.36. The first-order valence-corrected chi connectivity index (χ1v) is 8.20. The van der Waals surface area contributed by atoms with Crippen LogP contribution in [0.4, 0.5) is 0 Å². The number of hydrogen-bond acceptors (Lipinski definition) is 3. The van der Waals surface area contributed by atoms with Crippen LogP contribution in [0.3, 0.4) is 0 Å². The molecule has 0 saturated carbocycles. The molecule has 1 aromatic rings. The first-order chi connectivity index (χ1) is 9.75. The van der Waals surface area contributed by atoms with Crippen LogP contribution in [-0.4, -0.2) is 41.0 Å². The van der Waals surface area contributed by atoms with Gasteiger partial charge in [0.2, 0.25) is 0 Å². The highest BCUT2D eigenvalue weighted by Crippen LogP contribution is 2.26. The lowest BCUT2D eigenvalue weighted by Gasteiger charge is -2.39. The summed E-state index contributed by atoms with van der Waals surface area (Å²) < 4.78 is 0.857. The number of carbonyl (C=O) groups is 1. The molecule has 1 amide bonds. The normalized spacial score (nSPS) is 26.8. The first-order valence-electron chi connectivity index (χ1n) is 7.40. The highest BCUT2D eigenvalue weighted by Gasteiger charge is 2.34. The van der Waals surface area contributed by atoms with E-state index in [1.807, 2.05) is 6.07 Å². The summed E-state index contributed by atoms with van der Waals surface area (Å²) in [6.45, 7) is 1.95. The largest absolute Gasteiger partial charge is 0.334 e. The molecule has 108 valence electrons. The van der Waals surface area contributed by atoms with Crippen molar-refractivity contribution < 1.29 is 4.79 Å². The molecule has 5 heteroatoms. The smallest absolute Gasteiger partial charge is 0.255 e. The SMILES string of the molecule is O=C(c1cncc(Br)c1)N1CCCCC1C1CCCN1. The van der Waals surface area contributed by atoms with Crippen LogP contribution in [0.5, 0.6) is 0 Å². The average Bonchev–Trinajstić information content (AvgIpc) is 3.00. The van der Waals surface area contributed by atoms with Crippen molar-refractivity contribution in [1.29, 1.82) is 0 Å². The van der Waals surface area contributed by atoms with Gasteiger partial charge in [0.05, 0.1) is 5.56 Å². The van der Waals surface area contributed by atoms with E-state index in [4.69, 9.17) is 0 Å². The van der Waals surface area contributed by atoms with Gasteiger partial charge in [-0.3, -0.25) is 9.78 Å². The van der Waals surface area contributed by atoms with Crippen LogP contribution in [0.1, 0.15) is 42.5 Å². The second-order valence-electron chi connectivity index (χ2n) is 5.66. The fraction of sp³-hybridized carbons (Fsp3) is 0.600. The van der Waals surface area contributed by atoms with E-state index in [1.165, 1.54) is 19.3 Å². The minimum absolute atomic E-state index is 0.122. The van der Waals surface area contributed by atoms with Crippen LogP contribution in [0.2, 0.25) is 0 Å². The number of rotatable bonds is 2. The number of nitrogens with one attached hydrogen (secondary N) is 1. The molecule has 2 unspecified atom stereocenters. The van der Waals surface area contributed by atoms with E-state index in [2.05, 4.69) is 31.1 Å². The lowest BCUT2D eigenvalue weighted by Crippen LogP contribution is -2.52. The van der Waals surface area contributed by atoms with Crippen molar-refractivity contribution in [3.05, 3.63) is 28.5 Å². The number of carbonyl (C=O) groups excluding carboxylic acids is 1. The number of likely N-dealkylation sites (tertiary alicyclic amines) is 1. The Morgan fingerprint density at radius 2 is 2.20 bits per heavy atom. The average molecular weight is 338 g/mol. The fourth-order valence-electron chi connectivity index (χ4n) is 3.36. The van der Waals surface area contributed by atoms with Gasteiger partial charge in [0, 0.05) is 35.5 Å². The zero-order chi connectivity index (χ0) is 13.9. The zero-order valence-electron chi connectivity index (χ0n) is 11.5. The summed E-state index contributed by atoms with van der Waals surface area (Å²) in [5, 5.41) is 3.56. The van der Waals surface area contributed by atoms with E-state index in [0.717, 1.165) is 30.4 Å². The van der Waals surface area contributed by atoms with Gasteiger partial charge in [0.15, 0.2) is 0 Å². The second kappa shape index (κ2) is 6.22. The Balaban J connectivity index is 1.80. The fourth-order valence-corrected chi connectivity index (χ4v) is 3.73. The Bertz CT molecular complexity index is 488. The molecule has 2 atom stereocenters. The Morgan fingerprint density at radius 1 is 1.30 bits per heavy atom. The van der Waals surface area contributed by atoms with E-state index in [9.17, 15) is 4.79 Å². The number of hydrogen-bond donors (Lipinski definition) is 1. The lowest BCUT2D eigenvalue weighted by atomic mass is 9.94. The molecule has 0 bridgehead atoms. The summed E-state index contributed by atoms with van der Waals surface area (Å²) >= 11 is 3.39. The first kappa shape index (κ1) is 14.0. The molecular formula is C15H20BrN3O. The molecule has 2 aliphatic heterocycles. The minimum Gasteiger partial charge on any atom is -0.334 e. The third-order valence-corrected chi connectivity index (χ3v) is 4.76. The van der Waals surface area contributed by atoms with Gasteiger partial charge >= 0.3 is 0 Å². The predicted octanol–water partition coefficient (Wildman–Crippen LogP) is 2.59. The summed E-state index contributed by atoms with van der Waals surface area (Å²) in [5.74, 6) is 0.122. The van der Waals surface area contributed by atoms with Crippen molar-refractivity contribution >= 4 is 21.8 Å². The standard InChI is InChI=1S/C15H20BrN3O/c16-12-8-11(9-17-10-12)15(20)19-7-2-1-5-14(19)13-4-3-6-18-13/h8-10,13-14,18H,1-7H2. The summed E-state index contributed by atoms with van der Waals surface area (Å²) in [6.07, 6.45) is 9.24. The van der Waals surface area contributed by atoms with Gasteiger partial charge < -0.3 is 10.2 Å². The third-order valence-electron chi connectivity index (χ3n) is 4.32. The molecule has 20 heavy (non-hydrogen) atoms. The number of amides is 1. The van der Waals surface area contributed by atoms with Crippen molar-refractivity contribution in [2.75, 3.05) is 13.1 Å². The number of halogens is 1. The van der Waals surface area contributed by atoms with Gasteiger partial charge in [0.25, 0.3) is 5.91 Å². The van der Waals surface area contributed by atoms with Crippen molar-refractivity contribution in [2.24, 2.45) is 0 Å². The van der Waals surface area contributed by atoms with Crippen molar-refractivity contribution in [1.82, 2.24) is 15.2 Å². The number of pyridine rings is 1. The summed E-state index contributed by atoms with van der Waals surface area (Å²) in [6, 6.07) is 2.68. The molecule has 0 aliphatic carbocycles. The highest BCUT2D eigenvalue weighted by atomic mass is 79.9. The van der Waals surface area contributed by atoms with Crippen LogP contribution in [0.15, 0.2) is 22.9 Å². The summed E-state index contributed by atoms with van der Waals surface area (Å²) in [4.78, 5) is 18.9. The highest BCUT2D eigenvalue weighted by molar-refractivity contribution is 9.10. The molecular weight excluding hydrogens is 318 g/mol. The molecule has 3 heterocycles. The van der Waals surface area contributed by atoms with Gasteiger partial charge in [-0.15, -0.1) is 0 Å². The van der Waals surface area contributed by atoms with Crippen LogP contribution < -0.4 is 5.32 Å². The maximum Gasteiger partial charge on any atom is 0.255 e. The van der Waals surface area contributed by atoms with E-state index >= 15 is 0 Å². The van der Waals surface area contributed by atoms with Crippen molar-refractivity contribution in [2.45, 2.75) is 44.2 Å². The molecule has 0 spiro atoms. The topological polar surface area (TPSA) is 45.2 Å². The van der Waals surface area contributed by atoms with Gasteiger partial charge in [-0.25, -0.2) is 0 Å². The quantitative estimate of drug-likeness (QED) is 0.902. The summed E-state index contributed by atoms with van der Waals surface area (Å²) in [5.41, 5.74) is 0.685. The van der Waals surface area contributed by atoms with Crippen LogP contribution >= 0.6 is 15.9 Å². The number of piperidine rings is 1. The molecule has 1 aromatic heterocycles. The minimum atomic E-state index is 0.122. The monoisotopic (exact) mass is 337 g/mol. The molecule has 2 saturated heterocycles. The van der Waals surface area contributed by atoms with Gasteiger partial charge in [0.1, 0.15) is 0 Å². The van der Waals surface area contributed by atoms with Crippen LogP contribution in [0, 0.1) is 0 Å². The van der Waals surface area contributed by atoms with Crippen LogP contribution in [-0.2, 0) is 0 Å². The van der Waals surface area contributed by atoms with Crippen LogP contribution in [0.25, 0.3) is 0 Å². The lowest BCUT2D eigenvalue weighted by molar-refractivity contribution is 0.0563. The van der Waals surface area contributed by atoms with E-state index in [-0.39, 0.29) is 5.91 Å². The van der Waals surface area contributed by atoms with Crippen molar-refractivity contribution in [3.63, 3.8) is 0 Å². The van der Waals surface area contributed by atoms with E-state index in [0.29, 0.717) is 17.6 Å². The Hall–Kier alpha value is -0.940. The van der Waals surface area contributed by atoms with E-state index in [1.54, 1.807) is 12.4 Å². The molecule has 1 N–H and O–H groups in total. The molecule has 2 aliphatic rings. The Labute approximate surface area is 128 Å². The Morgan fingerprint density at radius 3 is 2.95 bits per heavy atom. The maximum absolute atomic E-state index is 12.8. The van der Waals surface area contributed by atoms with Gasteiger partial charge in [-0.1, -0.05) is 0 Å². The second-order valence-corrected chi connectivity index (χ2v) is 6.57. The third kappa shape index (κ3) is 2.88. The van der Waals surface area contributed by atoms with Gasteiger partial charge in [-0.2, -0.15) is 0 Å². The molecule has 0 radical (unpaired) electrons. The van der Waals surface area contributed by atoms with E-state index < -0.39 is 0 Å². The zero-order valence-corrected chi connectivity index (χ0v) is 13.1. The predicted molar refractivity (Wildman–Crippen MR) is 81.6 cm³/mol.